The summed E-state index contributed by atoms with van der Waals surface area (Å²) < 4.78 is 5.57. The van der Waals surface area contributed by atoms with Crippen molar-refractivity contribution in [3.63, 3.8) is 0 Å². The highest BCUT2D eigenvalue weighted by Gasteiger charge is 2.32. The number of rotatable bonds is 5. The third kappa shape index (κ3) is 2.96. The van der Waals surface area contributed by atoms with Crippen LogP contribution in [0.15, 0.2) is 0 Å². The van der Waals surface area contributed by atoms with E-state index < -0.39 is 0 Å². The van der Waals surface area contributed by atoms with Gasteiger partial charge in [0.2, 0.25) is 0 Å². The fraction of sp³-hybridized carbons (Fsp3) is 1.00. The molecule has 3 heteroatoms. The van der Waals surface area contributed by atoms with Crippen molar-refractivity contribution in [1.82, 2.24) is 10.6 Å². The molecule has 16 heavy (non-hydrogen) atoms. The number of nitrogens with one attached hydrogen (secondary N) is 2. The maximum absolute atomic E-state index is 5.57. The first-order valence-electron chi connectivity index (χ1n) is 6.80. The van der Waals surface area contributed by atoms with Crippen LogP contribution in [0.2, 0.25) is 0 Å². The predicted molar refractivity (Wildman–Crippen MR) is 66.6 cm³/mol. The average molecular weight is 226 g/mol. The smallest absolute Gasteiger partial charge is 0.0623 e. The van der Waals surface area contributed by atoms with E-state index in [1.165, 1.54) is 25.7 Å². The van der Waals surface area contributed by atoms with E-state index in [1.54, 1.807) is 0 Å². The molecular weight excluding hydrogens is 200 g/mol. The first-order chi connectivity index (χ1) is 7.73. The summed E-state index contributed by atoms with van der Waals surface area (Å²) in [5, 5.41) is 7.29. The van der Waals surface area contributed by atoms with Gasteiger partial charge in [0.1, 0.15) is 0 Å². The lowest BCUT2D eigenvalue weighted by Crippen LogP contribution is -2.46. The van der Waals surface area contributed by atoms with Crippen molar-refractivity contribution in [3.05, 3.63) is 0 Å². The topological polar surface area (TPSA) is 33.3 Å². The average Bonchev–Trinajstić information content (AvgIpc) is 2.86. The molecule has 0 amide bonds. The molecule has 0 aromatic carbocycles. The van der Waals surface area contributed by atoms with E-state index in [0.29, 0.717) is 17.5 Å². The summed E-state index contributed by atoms with van der Waals surface area (Å²) in [5.74, 6) is 0.650. The highest BCUT2D eigenvalue weighted by molar-refractivity contribution is 4.91. The van der Waals surface area contributed by atoms with E-state index >= 15 is 0 Å². The fourth-order valence-electron chi connectivity index (χ4n) is 3.00. The van der Waals surface area contributed by atoms with E-state index in [4.69, 9.17) is 4.74 Å². The summed E-state index contributed by atoms with van der Waals surface area (Å²) in [7, 11) is 0. The van der Waals surface area contributed by atoms with Gasteiger partial charge in [-0.25, -0.2) is 0 Å². The van der Waals surface area contributed by atoms with E-state index in [2.05, 4.69) is 24.5 Å². The minimum atomic E-state index is 0.402. The van der Waals surface area contributed by atoms with Gasteiger partial charge >= 0.3 is 0 Å². The molecule has 1 aliphatic heterocycles. The van der Waals surface area contributed by atoms with Gasteiger partial charge in [-0.2, -0.15) is 0 Å². The SMILES string of the molecule is CCNC1COCC1CNC1(C)CCCC1. The van der Waals surface area contributed by atoms with Gasteiger partial charge in [-0.1, -0.05) is 19.8 Å². The standard InChI is InChI=1S/C13H26N2O/c1-3-14-12-10-16-9-11(12)8-15-13(2)6-4-5-7-13/h11-12,14-15H,3-10H2,1-2H3. The van der Waals surface area contributed by atoms with Crippen molar-refractivity contribution < 1.29 is 4.74 Å². The number of hydrogen-bond acceptors (Lipinski definition) is 3. The first kappa shape index (κ1) is 12.3. The Kier molecular flexibility index (Phi) is 4.22. The summed E-state index contributed by atoms with van der Waals surface area (Å²) >= 11 is 0. The summed E-state index contributed by atoms with van der Waals surface area (Å²) in [6, 6.07) is 0.558. The monoisotopic (exact) mass is 226 g/mol. The number of ether oxygens (including phenoxy) is 1. The highest BCUT2D eigenvalue weighted by Crippen LogP contribution is 2.29. The highest BCUT2D eigenvalue weighted by atomic mass is 16.5. The lowest BCUT2D eigenvalue weighted by Gasteiger charge is -2.28. The lowest BCUT2D eigenvalue weighted by molar-refractivity contribution is 0.180. The van der Waals surface area contributed by atoms with E-state index in [-0.39, 0.29) is 0 Å². The van der Waals surface area contributed by atoms with Crippen LogP contribution in [0, 0.1) is 5.92 Å². The van der Waals surface area contributed by atoms with Crippen LogP contribution in [-0.4, -0.2) is 37.9 Å². The number of hydrogen-bond donors (Lipinski definition) is 2. The molecule has 2 unspecified atom stereocenters. The van der Waals surface area contributed by atoms with Crippen LogP contribution in [0.25, 0.3) is 0 Å². The molecular formula is C13H26N2O. The van der Waals surface area contributed by atoms with Gasteiger partial charge < -0.3 is 15.4 Å². The predicted octanol–water partition coefficient (Wildman–Crippen LogP) is 1.53. The maximum atomic E-state index is 5.57. The third-order valence-electron chi connectivity index (χ3n) is 4.16. The van der Waals surface area contributed by atoms with Crippen molar-refractivity contribution in [2.24, 2.45) is 5.92 Å². The van der Waals surface area contributed by atoms with Gasteiger partial charge in [-0.3, -0.25) is 0 Å². The van der Waals surface area contributed by atoms with E-state index in [0.717, 1.165) is 26.3 Å². The molecule has 1 saturated heterocycles. The second kappa shape index (κ2) is 5.48. The van der Waals surface area contributed by atoms with Gasteiger partial charge in [-0.15, -0.1) is 0 Å². The van der Waals surface area contributed by atoms with Crippen molar-refractivity contribution >= 4 is 0 Å². The molecule has 2 N–H and O–H groups in total. The van der Waals surface area contributed by atoms with Crippen molar-refractivity contribution in [2.75, 3.05) is 26.3 Å². The zero-order valence-corrected chi connectivity index (χ0v) is 10.7. The third-order valence-corrected chi connectivity index (χ3v) is 4.16. The largest absolute Gasteiger partial charge is 0.379 e. The van der Waals surface area contributed by atoms with Crippen LogP contribution in [0.1, 0.15) is 39.5 Å². The van der Waals surface area contributed by atoms with Crippen LogP contribution in [0.4, 0.5) is 0 Å². The molecule has 0 bridgehead atoms. The Morgan fingerprint density at radius 2 is 2.00 bits per heavy atom. The Morgan fingerprint density at radius 3 is 2.69 bits per heavy atom. The van der Waals surface area contributed by atoms with Gasteiger partial charge in [0.25, 0.3) is 0 Å². The minimum absolute atomic E-state index is 0.402. The fourth-order valence-corrected chi connectivity index (χ4v) is 3.00. The Bertz CT molecular complexity index is 214. The molecule has 2 fully saturated rings. The quantitative estimate of drug-likeness (QED) is 0.746. The second-order valence-corrected chi connectivity index (χ2v) is 5.61. The van der Waals surface area contributed by atoms with Crippen LogP contribution in [-0.2, 0) is 4.74 Å². The van der Waals surface area contributed by atoms with Crippen molar-refractivity contribution in [2.45, 2.75) is 51.1 Å². The molecule has 2 atom stereocenters. The molecule has 1 heterocycles. The molecule has 0 aromatic heterocycles. The van der Waals surface area contributed by atoms with Crippen molar-refractivity contribution in [1.29, 1.82) is 0 Å². The Hall–Kier alpha value is -0.120. The summed E-state index contributed by atoms with van der Waals surface area (Å²) in [4.78, 5) is 0. The summed E-state index contributed by atoms with van der Waals surface area (Å²) in [6.07, 6.45) is 5.46. The zero-order valence-electron chi connectivity index (χ0n) is 10.7. The van der Waals surface area contributed by atoms with E-state index in [9.17, 15) is 0 Å². The number of likely N-dealkylation sites (N-methyl/N-ethyl adjacent to an activating group) is 1. The molecule has 0 spiro atoms. The Labute approximate surface area is 99.3 Å². The molecule has 1 saturated carbocycles. The van der Waals surface area contributed by atoms with Crippen LogP contribution in [0.3, 0.4) is 0 Å². The molecule has 2 aliphatic rings. The van der Waals surface area contributed by atoms with E-state index in [1.807, 2.05) is 0 Å². The lowest BCUT2D eigenvalue weighted by atomic mass is 9.97. The van der Waals surface area contributed by atoms with Gasteiger partial charge in [-0.05, 0) is 26.3 Å². The van der Waals surface area contributed by atoms with Gasteiger partial charge in [0.05, 0.1) is 13.2 Å². The summed E-state index contributed by atoms with van der Waals surface area (Å²) in [6.45, 7) is 8.49. The normalized spacial score (nSPS) is 33.4. The van der Waals surface area contributed by atoms with Crippen LogP contribution in [0.5, 0.6) is 0 Å². The van der Waals surface area contributed by atoms with Gasteiger partial charge in [0.15, 0.2) is 0 Å². The molecule has 94 valence electrons. The van der Waals surface area contributed by atoms with Gasteiger partial charge in [0, 0.05) is 24.0 Å². The van der Waals surface area contributed by atoms with Crippen molar-refractivity contribution in [3.8, 4) is 0 Å². The molecule has 2 rings (SSSR count). The van der Waals surface area contributed by atoms with Crippen LogP contribution >= 0.6 is 0 Å². The Morgan fingerprint density at radius 1 is 1.25 bits per heavy atom. The second-order valence-electron chi connectivity index (χ2n) is 5.61. The molecule has 1 aliphatic carbocycles. The molecule has 3 nitrogen and oxygen atoms in total. The first-order valence-corrected chi connectivity index (χ1v) is 6.80. The summed E-state index contributed by atoms with van der Waals surface area (Å²) in [5.41, 5.74) is 0.402. The zero-order chi connectivity index (χ0) is 11.4. The minimum Gasteiger partial charge on any atom is -0.379 e. The molecule has 0 radical (unpaired) electrons. The molecule has 0 aromatic rings. The Balaban J connectivity index is 1.76. The van der Waals surface area contributed by atoms with Crippen LogP contribution < -0.4 is 10.6 Å². The maximum Gasteiger partial charge on any atom is 0.0623 e.